The summed E-state index contributed by atoms with van der Waals surface area (Å²) >= 11 is 3.59. The van der Waals surface area contributed by atoms with Gasteiger partial charge in [-0.25, -0.2) is 0 Å². The number of nitrogens with one attached hydrogen (secondary N) is 1. The van der Waals surface area contributed by atoms with Gasteiger partial charge in [-0.3, -0.25) is 0 Å². The normalized spacial score (nSPS) is 17.9. The van der Waals surface area contributed by atoms with Crippen molar-refractivity contribution in [2.45, 2.75) is 6.42 Å². The molecular weight excluding hydrogens is 252 g/mol. The van der Waals surface area contributed by atoms with Crippen molar-refractivity contribution in [3.05, 3.63) is 34.3 Å². The minimum atomic E-state index is 1.13. The van der Waals surface area contributed by atoms with Gasteiger partial charge in [0.2, 0.25) is 0 Å². The van der Waals surface area contributed by atoms with Gasteiger partial charge in [0.15, 0.2) is 0 Å². The van der Waals surface area contributed by atoms with E-state index in [-0.39, 0.29) is 0 Å². The molecule has 3 heteroatoms. The second-order valence-corrected chi connectivity index (χ2v) is 4.79. The third-order valence-electron chi connectivity index (χ3n) is 2.86. The lowest BCUT2D eigenvalue weighted by atomic mass is 10.1. The van der Waals surface area contributed by atoms with Crippen molar-refractivity contribution in [1.82, 2.24) is 10.2 Å². The number of hydrogen-bond acceptors (Lipinski definition) is 2. The standard InChI is InChI=1S/C12H17BrN2/c13-12-4-2-1-3-11(12)5-8-15-9-6-14-7-10-15/h1-4,14H,5-10H2. The van der Waals surface area contributed by atoms with Crippen LogP contribution >= 0.6 is 15.9 Å². The molecular formula is C12H17BrN2. The molecule has 2 nitrogen and oxygen atoms in total. The first-order chi connectivity index (χ1) is 7.36. The summed E-state index contributed by atoms with van der Waals surface area (Å²) in [6.07, 6.45) is 1.14. The van der Waals surface area contributed by atoms with Crippen LogP contribution in [0.3, 0.4) is 0 Å². The van der Waals surface area contributed by atoms with Crippen molar-refractivity contribution in [2.75, 3.05) is 32.7 Å². The van der Waals surface area contributed by atoms with Crippen LogP contribution in [0.4, 0.5) is 0 Å². The van der Waals surface area contributed by atoms with E-state index in [1.54, 1.807) is 0 Å². The van der Waals surface area contributed by atoms with Crippen LogP contribution in [0.25, 0.3) is 0 Å². The number of nitrogens with zero attached hydrogens (tertiary/aromatic N) is 1. The fraction of sp³-hybridized carbons (Fsp3) is 0.500. The zero-order valence-corrected chi connectivity index (χ0v) is 10.5. The van der Waals surface area contributed by atoms with E-state index in [2.05, 4.69) is 50.4 Å². The predicted octanol–water partition coefficient (Wildman–Crippen LogP) is 1.90. The van der Waals surface area contributed by atoms with Crippen LogP contribution in [0.1, 0.15) is 5.56 Å². The first-order valence-electron chi connectivity index (χ1n) is 5.53. The van der Waals surface area contributed by atoms with E-state index < -0.39 is 0 Å². The molecule has 0 aromatic heterocycles. The van der Waals surface area contributed by atoms with Gasteiger partial charge in [-0.2, -0.15) is 0 Å². The molecule has 0 unspecified atom stereocenters. The van der Waals surface area contributed by atoms with Gasteiger partial charge < -0.3 is 10.2 Å². The monoisotopic (exact) mass is 268 g/mol. The zero-order valence-electron chi connectivity index (χ0n) is 8.88. The summed E-state index contributed by atoms with van der Waals surface area (Å²) in [4.78, 5) is 2.52. The largest absolute Gasteiger partial charge is 0.314 e. The van der Waals surface area contributed by atoms with E-state index in [9.17, 15) is 0 Å². The summed E-state index contributed by atoms with van der Waals surface area (Å²) < 4.78 is 1.24. The number of hydrogen-bond donors (Lipinski definition) is 1. The topological polar surface area (TPSA) is 15.3 Å². The minimum Gasteiger partial charge on any atom is -0.314 e. The smallest absolute Gasteiger partial charge is 0.0207 e. The molecule has 1 saturated heterocycles. The maximum Gasteiger partial charge on any atom is 0.0207 e. The van der Waals surface area contributed by atoms with Crippen molar-refractivity contribution in [3.8, 4) is 0 Å². The van der Waals surface area contributed by atoms with Crippen molar-refractivity contribution in [3.63, 3.8) is 0 Å². The molecule has 1 fully saturated rings. The molecule has 0 amide bonds. The predicted molar refractivity (Wildman–Crippen MR) is 67.2 cm³/mol. The molecule has 1 aromatic rings. The van der Waals surface area contributed by atoms with Gasteiger partial charge in [-0.1, -0.05) is 34.1 Å². The summed E-state index contributed by atoms with van der Waals surface area (Å²) in [5.74, 6) is 0. The Balaban J connectivity index is 1.84. The first kappa shape index (κ1) is 11.1. The van der Waals surface area contributed by atoms with Crippen LogP contribution in [0.5, 0.6) is 0 Å². The van der Waals surface area contributed by atoms with Gasteiger partial charge in [0.25, 0.3) is 0 Å². The number of benzene rings is 1. The summed E-state index contributed by atoms with van der Waals surface area (Å²) in [5, 5.41) is 3.37. The zero-order chi connectivity index (χ0) is 10.5. The Bertz CT molecular complexity index is 308. The molecule has 1 aliphatic heterocycles. The van der Waals surface area contributed by atoms with Gasteiger partial charge in [-0.05, 0) is 18.1 Å². The number of piperazine rings is 1. The van der Waals surface area contributed by atoms with Crippen LogP contribution < -0.4 is 5.32 Å². The van der Waals surface area contributed by atoms with Crippen molar-refractivity contribution >= 4 is 15.9 Å². The van der Waals surface area contributed by atoms with E-state index in [0.29, 0.717) is 0 Å². The van der Waals surface area contributed by atoms with Gasteiger partial charge in [0.1, 0.15) is 0 Å². The van der Waals surface area contributed by atoms with Gasteiger partial charge in [0, 0.05) is 37.2 Å². The lowest BCUT2D eigenvalue weighted by Gasteiger charge is -2.27. The van der Waals surface area contributed by atoms with Gasteiger partial charge >= 0.3 is 0 Å². The second-order valence-electron chi connectivity index (χ2n) is 3.93. The molecule has 0 spiro atoms. The third-order valence-corrected chi connectivity index (χ3v) is 3.64. The Morgan fingerprint density at radius 2 is 1.93 bits per heavy atom. The lowest BCUT2D eigenvalue weighted by molar-refractivity contribution is 0.244. The average molecular weight is 269 g/mol. The molecule has 0 radical (unpaired) electrons. The molecule has 1 aliphatic rings. The molecule has 0 saturated carbocycles. The maximum atomic E-state index is 3.59. The highest BCUT2D eigenvalue weighted by atomic mass is 79.9. The van der Waals surface area contributed by atoms with E-state index in [1.807, 2.05) is 0 Å². The van der Waals surface area contributed by atoms with Crippen LogP contribution in [0.15, 0.2) is 28.7 Å². The molecule has 1 N–H and O–H groups in total. The molecule has 1 heterocycles. The van der Waals surface area contributed by atoms with Gasteiger partial charge in [0.05, 0.1) is 0 Å². The lowest BCUT2D eigenvalue weighted by Crippen LogP contribution is -2.44. The Morgan fingerprint density at radius 3 is 2.67 bits per heavy atom. The highest BCUT2D eigenvalue weighted by Crippen LogP contribution is 2.16. The fourth-order valence-corrected chi connectivity index (χ4v) is 2.40. The van der Waals surface area contributed by atoms with Crippen LogP contribution in [-0.4, -0.2) is 37.6 Å². The molecule has 2 rings (SSSR count). The van der Waals surface area contributed by atoms with Crippen LogP contribution in [0.2, 0.25) is 0 Å². The van der Waals surface area contributed by atoms with E-state index in [4.69, 9.17) is 0 Å². The Labute approximate surface area is 99.8 Å². The van der Waals surface area contributed by atoms with Gasteiger partial charge in [-0.15, -0.1) is 0 Å². The molecule has 0 aliphatic carbocycles. The van der Waals surface area contributed by atoms with E-state index in [1.165, 1.54) is 29.7 Å². The molecule has 1 aromatic carbocycles. The van der Waals surface area contributed by atoms with Crippen LogP contribution in [0, 0.1) is 0 Å². The highest BCUT2D eigenvalue weighted by molar-refractivity contribution is 9.10. The summed E-state index contributed by atoms with van der Waals surface area (Å²) in [5.41, 5.74) is 1.41. The number of halogens is 1. The Hall–Kier alpha value is -0.380. The Kier molecular flexibility index (Phi) is 4.18. The van der Waals surface area contributed by atoms with E-state index >= 15 is 0 Å². The Morgan fingerprint density at radius 1 is 1.20 bits per heavy atom. The molecule has 0 bridgehead atoms. The fourth-order valence-electron chi connectivity index (χ4n) is 1.91. The average Bonchev–Trinajstić information content (AvgIpc) is 2.29. The summed E-state index contributed by atoms with van der Waals surface area (Å²) in [6.45, 7) is 5.81. The summed E-state index contributed by atoms with van der Waals surface area (Å²) in [7, 11) is 0. The molecule has 0 atom stereocenters. The quantitative estimate of drug-likeness (QED) is 0.901. The molecule has 15 heavy (non-hydrogen) atoms. The van der Waals surface area contributed by atoms with Crippen molar-refractivity contribution in [1.29, 1.82) is 0 Å². The maximum absolute atomic E-state index is 3.59. The van der Waals surface area contributed by atoms with E-state index in [0.717, 1.165) is 19.5 Å². The van der Waals surface area contributed by atoms with Crippen molar-refractivity contribution < 1.29 is 0 Å². The molecule has 82 valence electrons. The third kappa shape index (κ3) is 3.30. The first-order valence-corrected chi connectivity index (χ1v) is 6.32. The highest BCUT2D eigenvalue weighted by Gasteiger charge is 2.09. The SMILES string of the molecule is Brc1ccccc1CCN1CCNCC1. The number of rotatable bonds is 3. The van der Waals surface area contributed by atoms with Crippen molar-refractivity contribution in [2.24, 2.45) is 0 Å². The minimum absolute atomic E-state index is 1.13. The van der Waals surface area contributed by atoms with Crippen LogP contribution in [-0.2, 0) is 6.42 Å². The second kappa shape index (κ2) is 5.64. The summed E-state index contributed by atoms with van der Waals surface area (Å²) in [6, 6.07) is 8.50.